The zero-order valence-corrected chi connectivity index (χ0v) is 18.9. The molecule has 2 heterocycles. The summed E-state index contributed by atoms with van der Waals surface area (Å²) in [4.78, 5) is 20.0. The first-order chi connectivity index (χ1) is 14.6. The van der Waals surface area contributed by atoms with Crippen molar-refractivity contribution < 1.29 is 9.53 Å². The maximum Gasteiger partial charge on any atom is 0.319 e. The van der Waals surface area contributed by atoms with Crippen LogP contribution in [0, 0.1) is 5.92 Å². The van der Waals surface area contributed by atoms with Crippen LogP contribution in [0.15, 0.2) is 24.3 Å². The summed E-state index contributed by atoms with van der Waals surface area (Å²) in [5.74, 6) is 0.588. The molecule has 2 saturated heterocycles. The Balaban J connectivity index is 1.56. The van der Waals surface area contributed by atoms with E-state index < -0.39 is 0 Å². The number of nitrogens with one attached hydrogen (secondary N) is 2. The van der Waals surface area contributed by atoms with Gasteiger partial charge in [0.1, 0.15) is 0 Å². The second kappa shape index (κ2) is 11.5. The smallest absolute Gasteiger partial charge is 0.319 e. The van der Waals surface area contributed by atoms with E-state index in [-0.39, 0.29) is 6.03 Å². The number of hydrogen-bond donors (Lipinski definition) is 2. The van der Waals surface area contributed by atoms with Crippen molar-refractivity contribution >= 4 is 17.4 Å². The molecule has 0 aliphatic carbocycles. The largest absolute Gasteiger partial charge is 0.379 e. The molecular weight excluding hydrogens is 378 g/mol. The lowest BCUT2D eigenvalue weighted by molar-refractivity contribution is 0.0130. The Labute approximate surface area is 181 Å². The lowest BCUT2D eigenvalue weighted by Crippen LogP contribution is -2.50. The first-order valence-corrected chi connectivity index (χ1v) is 11.5. The van der Waals surface area contributed by atoms with Crippen molar-refractivity contribution in [1.82, 2.24) is 15.1 Å². The monoisotopic (exact) mass is 417 g/mol. The number of piperazine rings is 1. The van der Waals surface area contributed by atoms with Crippen LogP contribution in [-0.4, -0.2) is 87.4 Å². The molecule has 1 atom stereocenters. The van der Waals surface area contributed by atoms with Crippen molar-refractivity contribution in [3.63, 3.8) is 0 Å². The molecule has 1 aromatic rings. The van der Waals surface area contributed by atoms with E-state index in [9.17, 15) is 4.79 Å². The molecule has 0 bridgehead atoms. The van der Waals surface area contributed by atoms with Crippen LogP contribution in [0.5, 0.6) is 0 Å². The van der Waals surface area contributed by atoms with Crippen molar-refractivity contribution in [1.29, 1.82) is 0 Å². The molecule has 7 heteroatoms. The summed E-state index contributed by atoms with van der Waals surface area (Å²) in [6.07, 6.45) is 1.07. The summed E-state index contributed by atoms with van der Waals surface area (Å²) in [6, 6.07) is 8.34. The van der Waals surface area contributed by atoms with Crippen LogP contribution < -0.4 is 15.5 Å². The summed E-state index contributed by atoms with van der Waals surface area (Å²) in [5, 5.41) is 6.22. The van der Waals surface area contributed by atoms with Gasteiger partial charge in [0.25, 0.3) is 0 Å². The third-order valence-electron chi connectivity index (χ3n) is 6.12. The SMILES string of the molecule is CCN1CCN(c2ccccc2NC(=O)NC[C@@H](CC(C)C)N2CCOCC2)CC1. The third-order valence-corrected chi connectivity index (χ3v) is 6.12. The van der Waals surface area contributed by atoms with Crippen LogP contribution in [0.1, 0.15) is 27.2 Å². The number of rotatable bonds is 8. The third kappa shape index (κ3) is 6.59. The summed E-state index contributed by atoms with van der Waals surface area (Å²) in [5.41, 5.74) is 1.99. The van der Waals surface area contributed by atoms with E-state index in [4.69, 9.17) is 4.74 Å². The van der Waals surface area contributed by atoms with E-state index >= 15 is 0 Å². The summed E-state index contributed by atoms with van der Waals surface area (Å²) < 4.78 is 5.50. The van der Waals surface area contributed by atoms with Crippen molar-refractivity contribution in [3.05, 3.63) is 24.3 Å². The Hall–Kier alpha value is -1.83. The second-order valence-corrected chi connectivity index (χ2v) is 8.71. The van der Waals surface area contributed by atoms with Crippen molar-refractivity contribution in [2.75, 3.05) is 75.8 Å². The highest BCUT2D eigenvalue weighted by atomic mass is 16.5. The topological polar surface area (TPSA) is 60.1 Å². The van der Waals surface area contributed by atoms with E-state index in [1.54, 1.807) is 0 Å². The van der Waals surface area contributed by atoms with Gasteiger partial charge < -0.3 is 25.2 Å². The minimum Gasteiger partial charge on any atom is -0.379 e. The van der Waals surface area contributed by atoms with Gasteiger partial charge in [0.2, 0.25) is 0 Å². The number of morpholine rings is 1. The zero-order valence-electron chi connectivity index (χ0n) is 18.9. The van der Waals surface area contributed by atoms with E-state index in [1.807, 2.05) is 18.2 Å². The van der Waals surface area contributed by atoms with Gasteiger partial charge in [0, 0.05) is 51.9 Å². The normalized spacial score (nSPS) is 19.7. The van der Waals surface area contributed by atoms with E-state index in [0.717, 1.165) is 76.8 Å². The lowest BCUT2D eigenvalue weighted by atomic mass is 10.0. The number of likely N-dealkylation sites (N-methyl/N-ethyl adjacent to an activating group) is 1. The fraction of sp³-hybridized carbons (Fsp3) is 0.696. The number of ether oxygens (including phenoxy) is 1. The Morgan fingerprint density at radius 2 is 1.77 bits per heavy atom. The van der Waals surface area contributed by atoms with Gasteiger partial charge in [-0.25, -0.2) is 4.79 Å². The Morgan fingerprint density at radius 3 is 2.43 bits per heavy atom. The summed E-state index contributed by atoms with van der Waals surface area (Å²) in [6.45, 7) is 16.0. The van der Waals surface area contributed by atoms with Crippen molar-refractivity contribution in [2.24, 2.45) is 5.92 Å². The van der Waals surface area contributed by atoms with Crippen LogP contribution in [0.4, 0.5) is 16.2 Å². The molecule has 2 aliphatic rings. The zero-order chi connectivity index (χ0) is 21.3. The van der Waals surface area contributed by atoms with Crippen LogP contribution in [0.2, 0.25) is 0 Å². The number of urea groups is 1. The number of carbonyl (C=O) groups is 1. The molecule has 1 aromatic carbocycles. The standard InChI is InChI=1S/C23H39N5O2/c1-4-26-9-11-28(12-10-26)22-8-6-5-7-21(22)25-23(29)24-18-20(17-19(2)3)27-13-15-30-16-14-27/h5-8,19-20H,4,9-18H2,1-3H3,(H2,24,25,29)/t20-/m1/s1. The Bertz CT molecular complexity index is 655. The van der Waals surface area contributed by atoms with Crippen LogP contribution >= 0.6 is 0 Å². The number of carbonyl (C=O) groups excluding carboxylic acids is 1. The predicted octanol–water partition coefficient (Wildman–Crippen LogP) is 2.70. The fourth-order valence-corrected chi connectivity index (χ4v) is 4.39. The van der Waals surface area contributed by atoms with Gasteiger partial charge in [-0.05, 0) is 31.0 Å². The second-order valence-electron chi connectivity index (χ2n) is 8.71. The molecule has 2 aliphatic heterocycles. The predicted molar refractivity (Wildman–Crippen MR) is 123 cm³/mol. The minimum atomic E-state index is -0.128. The Morgan fingerprint density at radius 1 is 1.07 bits per heavy atom. The van der Waals surface area contributed by atoms with Gasteiger partial charge in [-0.2, -0.15) is 0 Å². The molecule has 2 amide bonds. The van der Waals surface area contributed by atoms with E-state index in [2.05, 4.69) is 52.2 Å². The van der Waals surface area contributed by atoms with E-state index in [1.165, 1.54) is 0 Å². The minimum absolute atomic E-state index is 0.128. The number of anilines is 2. The average molecular weight is 418 g/mol. The maximum absolute atomic E-state index is 12.7. The number of para-hydroxylation sites is 2. The van der Waals surface area contributed by atoms with Gasteiger partial charge in [0.15, 0.2) is 0 Å². The maximum atomic E-state index is 12.7. The lowest BCUT2D eigenvalue weighted by Gasteiger charge is -2.36. The molecule has 3 rings (SSSR count). The molecule has 0 spiro atoms. The molecule has 0 saturated carbocycles. The molecule has 0 radical (unpaired) electrons. The quantitative estimate of drug-likeness (QED) is 0.681. The number of nitrogens with zero attached hydrogens (tertiary/aromatic N) is 3. The number of benzene rings is 1. The molecule has 7 nitrogen and oxygen atoms in total. The number of amides is 2. The van der Waals surface area contributed by atoms with Crippen molar-refractivity contribution in [2.45, 2.75) is 33.2 Å². The highest BCUT2D eigenvalue weighted by Crippen LogP contribution is 2.26. The average Bonchev–Trinajstić information content (AvgIpc) is 2.77. The number of hydrogen-bond acceptors (Lipinski definition) is 5. The van der Waals surface area contributed by atoms with Gasteiger partial charge in [-0.3, -0.25) is 4.90 Å². The highest BCUT2D eigenvalue weighted by Gasteiger charge is 2.23. The fourth-order valence-electron chi connectivity index (χ4n) is 4.39. The van der Waals surface area contributed by atoms with Crippen LogP contribution in [0.3, 0.4) is 0 Å². The summed E-state index contributed by atoms with van der Waals surface area (Å²) >= 11 is 0. The molecule has 30 heavy (non-hydrogen) atoms. The van der Waals surface area contributed by atoms with Crippen LogP contribution in [0.25, 0.3) is 0 Å². The summed E-state index contributed by atoms with van der Waals surface area (Å²) in [7, 11) is 0. The van der Waals surface area contributed by atoms with E-state index in [0.29, 0.717) is 18.5 Å². The van der Waals surface area contributed by atoms with Gasteiger partial charge in [0.05, 0.1) is 24.6 Å². The van der Waals surface area contributed by atoms with Gasteiger partial charge in [-0.15, -0.1) is 0 Å². The van der Waals surface area contributed by atoms with Crippen LogP contribution in [-0.2, 0) is 4.74 Å². The van der Waals surface area contributed by atoms with Gasteiger partial charge in [-0.1, -0.05) is 32.9 Å². The first kappa shape index (κ1) is 22.8. The molecule has 0 aromatic heterocycles. The Kier molecular flexibility index (Phi) is 8.78. The highest BCUT2D eigenvalue weighted by molar-refractivity contribution is 5.93. The molecule has 2 N–H and O–H groups in total. The molecule has 0 unspecified atom stereocenters. The molecule has 168 valence electrons. The van der Waals surface area contributed by atoms with Crippen molar-refractivity contribution in [3.8, 4) is 0 Å². The molecule has 2 fully saturated rings. The van der Waals surface area contributed by atoms with Gasteiger partial charge >= 0.3 is 6.03 Å². The molecular formula is C23H39N5O2. The first-order valence-electron chi connectivity index (χ1n) is 11.5.